The van der Waals surface area contributed by atoms with E-state index in [4.69, 9.17) is 4.42 Å². The van der Waals surface area contributed by atoms with Gasteiger partial charge in [-0.3, -0.25) is 0 Å². The highest BCUT2D eigenvalue weighted by Crippen LogP contribution is 2.18. The van der Waals surface area contributed by atoms with Gasteiger partial charge in [0.2, 0.25) is 5.89 Å². The average Bonchev–Trinajstić information content (AvgIpc) is 2.78. The molecule has 1 aromatic heterocycles. The zero-order chi connectivity index (χ0) is 13.0. The van der Waals surface area contributed by atoms with Crippen LogP contribution in [0.4, 0.5) is 0 Å². The lowest BCUT2D eigenvalue weighted by molar-refractivity contribution is 0.174. The topological polar surface area (TPSA) is 41.3 Å². The van der Waals surface area contributed by atoms with Crippen LogP contribution in [0.1, 0.15) is 50.3 Å². The molecule has 0 spiro atoms. The van der Waals surface area contributed by atoms with E-state index in [9.17, 15) is 0 Å². The van der Waals surface area contributed by atoms with Crippen molar-refractivity contribution < 1.29 is 4.42 Å². The third kappa shape index (κ3) is 3.56. The predicted octanol–water partition coefficient (Wildman–Crippen LogP) is 2.51. The Labute approximate surface area is 110 Å². The van der Waals surface area contributed by atoms with Gasteiger partial charge in [-0.25, -0.2) is 4.98 Å². The molecule has 1 fully saturated rings. The van der Waals surface area contributed by atoms with Gasteiger partial charge >= 0.3 is 0 Å². The van der Waals surface area contributed by atoms with Crippen molar-refractivity contribution in [1.29, 1.82) is 0 Å². The summed E-state index contributed by atoms with van der Waals surface area (Å²) in [6, 6.07) is 0.942. The Balaban J connectivity index is 1.71. The summed E-state index contributed by atoms with van der Waals surface area (Å²) >= 11 is 0. The first-order chi connectivity index (χ1) is 8.66. The van der Waals surface area contributed by atoms with E-state index in [1.54, 1.807) is 6.20 Å². The van der Waals surface area contributed by atoms with Gasteiger partial charge in [0.15, 0.2) is 0 Å². The van der Waals surface area contributed by atoms with Gasteiger partial charge in [-0.1, -0.05) is 6.42 Å². The Morgan fingerprint density at radius 1 is 1.56 bits per heavy atom. The van der Waals surface area contributed by atoms with Gasteiger partial charge in [-0.2, -0.15) is 0 Å². The Morgan fingerprint density at radius 3 is 3.06 bits per heavy atom. The van der Waals surface area contributed by atoms with Gasteiger partial charge in [-0.05, 0) is 53.2 Å². The Kier molecular flexibility index (Phi) is 4.78. The molecule has 0 bridgehead atoms. The van der Waals surface area contributed by atoms with Gasteiger partial charge in [0, 0.05) is 6.04 Å². The summed E-state index contributed by atoms with van der Waals surface area (Å²) in [5.41, 5.74) is 0. The first kappa shape index (κ1) is 13.6. The molecule has 2 heterocycles. The average molecular weight is 251 g/mol. The monoisotopic (exact) mass is 251 g/mol. The minimum Gasteiger partial charge on any atom is -0.444 e. The predicted molar refractivity (Wildman–Crippen MR) is 72.5 cm³/mol. The maximum Gasteiger partial charge on any atom is 0.211 e. The van der Waals surface area contributed by atoms with Gasteiger partial charge in [-0.15, -0.1) is 0 Å². The van der Waals surface area contributed by atoms with Crippen LogP contribution < -0.4 is 5.32 Å². The number of aromatic nitrogens is 1. The lowest BCUT2D eigenvalue weighted by atomic mass is 10.00. The summed E-state index contributed by atoms with van der Waals surface area (Å²) in [7, 11) is 2.24. The van der Waals surface area contributed by atoms with Crippen molar-refractivity contribution >= 4 is 0 Å². The zero-order valence-corrected chi connectivity index (χ0v) is 11.8. The highest BCUT2D eigenvalue weighted by Gasteiger charge is 2.19. The molecule has 2 atom stereocenters. The summed E-state index contributed by atoms with van der Waals surface area (Å²) in [5.74, 6) is 1.68. The maximum absolute atomic E-state index is 5.52. The van der Waals surface area contributed by atoms with Crippen LogP contribution in [-0.2, 0) is 0 Å². The first-order valence-corrected chi connectivity index (χ1v) is 7.03. The number of hydrogen-bond acceptors (Lipinski definition) is 4. The summed E-state index contributed by atoms with van der Waals surface area (Å²) in [6.45, 7) is 6.31. The van der Waals surface area contributed by atoms with Crippen LogP contribution in [0.15, 0.2) is 10.6 Å². The number of oxazole rings is 1. The van der Waals surface area contributed by atoms with E-state index < -0.39 is 0 Å². The molecule has 2 unspecified atom stereocenters. The molecule has 0 aromatic carbocycles. The van der Waals surface area contributed by atoms with Crippen LogP contribution in [0.5, 0.6) is 0 Å². The summed E-state index contributed by atoms with van der Waals surface area (Å²) in [5, 5.41) is 3.50. The number of piperidine rings is 1. The first-order valence-electron chi connectivity index (χ1n) is 7.03. The Morgan fingerprint density at radius 2 is 2.39 bits per heavy atom. The Bertz CT molecular complexity index is 364. The highest BCUT2D eigenvalue weighted by atomic mass is 16.4. The fourth-order valence-electron chi connectivity index (χ4n) is 2.63. The van der Waals surface area contributed by atoms with Crippen LogP contribution in [0.2, 0.25) is 0 Å². The second kappa shape index (κ2) is 6.34. The standard InChI is InChI=1S/C14H25N3O/c1-11-10-16-14(18-11)12(2)15-8-7-13-6-4-5-9-17(13)3/h10,12-13,15H,4-9H2,1-3H3. The molecule has 1 aliphatic heterocycles. The number of hydrogen-bond donors (Lipinski definition) is 1. The van der Waals surface area contributed by atoms with Crippen LogP contribution in [0.25, 0.3) is 0 Å². The van der Waals surface area contributed by atoms with Crippen molar-refractivity contribution in [3.8, 4) is 0 Å². The molecular weight excluding hydrogens is 226 g/mol. The van der Waals surface area contributed by atoms with Crippen molar-refractivity contribution in [2.75, 3.05) is 20.1 Å². The molecule has 4 heteroatoms. The minimum atomic E-state index is 0.201. The van der Waals surface area contributed by atoms with E-state index in [1.807, 2.05) is 6.92 Å². The van der Waals surface area contributed by atoms with Crippen molar-refractivity contribution in [3.63, 3.8) is 0 Å². The van der Waals surface area contributed by atoms with E-state index in [0.29, 0.717) is 0 Å². The molecule has 102 valence electrons. The van der Waals surface area contributed by atoms with Crippen LogP contribution >= 0.6 is 0 Å². The third-order valence-electron chi connectivity index (χ3n) is 3.86. The number of rotatable bonds is 5. The fourth-order valence-corrected chi connectivity index (χ4v) is 2.63. The largest absolute Gasteiger partial charge is 0.444 e. The minimum absolute atomic E-state index is 0.201. The molecule has 2 rings (SSSR count). The molecule has 0 aliphatic carbocycles. The van der Waals surface area contributed by atoms with Gasteiger partial charge in [0.1, 0.15) is 5.76 Å². The Hall–Kier alpha value is -0.870. The van der Waals surface area contributed by atoms with E-state index in [1.165, 1.54) is 32.2 Å². The molecule has 0 saturated carbocycles. The second-order valence-corrected chi connectivity index (χ2v) is 5.40. The van der Waals surface area contributed by atoms with Crippen LogP contribution in [-0.4, -0.2) is 36.1 Å². The van der Waals surface area contributed by atoms with Crippen molar-refractivity contribution in [2.45, 2.75) is 51.6 Å². The van der Waals surface area contributed by atoms with Crippen LogP contribution in [0, 0.1) is 6.92 Å². The van der Waals surface area contributed by atoms with Gasteiger partial charge in [0.25, 0.3) is 0 Å². The summed E-state index contributed by atoms with van der Waals surface area (Å²) < 4.78 is 5.52. The lowest BCUT2D eigenvalue weighted by Gasteiger charge is -2.32. The number of likely N-dealkylation sites (tertiary alicyclic amines) is 1. The normalized spacial score (nSPS) is 23.2. The maximum atomic E-state index is 5.52. The molecule has 0 amide bonds. The molecule has 1 saturated heterocycles. The quantitative estimate of drug-likeness (QED) is 0.873. The van der Waals surface area contributed by atoms with Crippen molar-refractivity contribution in [2.24, 2.45) is 0 Å². The summed E-state index contributed by atoms with van der Waals surface area (Å²) in [4.78, 5) is 6.75. The summed E-state index contributed by atoms with van der Waals surface area (Å²) in [6.07, 6.45) is 7.06. The fraction of sp³-hybridized carbons (Fsp3) is 0.786. The lowest BCUT2D eigenvalue weighted by Crippen LogP contribution is -2.38. The van der Waals surface area contributed by atoms with Crippen LogP contribution in [0.3, 0.4) is 0 Å². The molecule has 18 heavy (non-hydrogen) atoms. The SMILES string of the molecule is Cc1cnc(C(C)NCCC2CCCCN2C)o1. The molecular formula is C14H25N3O. The van der Waals surface area contributed by atoms with Crippen molar-refractivity contribution in [3.05, 3.63) is 17.8 Å². The third-order valence-corrected chi connectivity index (χ3v) is 3.86. The molecule has 1 aliphatic rings. The second-order valence-electron chi connectivity index (χ2n) is 5.40. The van der Waals surface area contributed by atoms with Crippen molar-refractivity contribution in [1.82, 2.24) is 15.2 Å². The van der Waals surface area contributed by atoms with E-state index in [-0.39, 0.29) is 6.04 Å². The van der Waals surface area contributed by atoms with E-state index in [2.05, 4.69) is 29.2 Å². The molecule has 1 aromatic rings. The molecule has 0 radical (unpaired) electrons. The number of nitrogens with zero attached hydrogens (tertiary/aromatic N) is 2. The van der Waals surface area contributed by atoms with Gasteiger partial charge < -0.3 is 14.6 Å². The smallest absolute Gasteiger partial charge is 0.211 e. The zero-order valence-electron chi connectivity index (χ0n) is 11.8. The van der Waals surface area contributed by atoms with E-state index in [0.717, 1.165) is 24.2 Å². The molecule has 4 nitrogen and oxygen atoms in total. The number of aryl methyl sites for hydroxylation is 1. The molecule has 1 N–H and O–H groups in total. The number of nitrogens with one attached hydrogen (secondary N) is 1. The van der Waals surface area contributed by atoms with E-state index >= 15 is 0 Å². The highest BCUT2D eigenvalue weighted by molar-refractivity contribution is 4.94. The van der Waals surface area contributed by atoms with Gasteiger partial charge in [0.05, 0.1) is 12.2 Å².